The fourth-order valence-electron chi connectivity index (χ4n) is 2.88. The molecule has 0 amide bonds. The van der Waals surface area contributed by atoms with Crippen molar-refractivity contribution < 1.29 is 0 Å². The number of nitrogens with one attached hydrogen (secondary N) is 1. The summed E-state index contributed by atoms with van der Waals surface area (Å²) in [6.07, 6.45) is 3.99. The maximum atomic E-state index is 3.62. The summed E-state index contributed by atoms with van der Waals surface area (Å²) in [4.78, 5) is 2.56. The van der Waals surface area contributed by atoms with Gasteiger partial charge in [0.2, 0.25) is 0 Å². The van der Waals surface area contributed by atoms with Gasteiger partial charge in [0, 0.05) is 35.8 Å². The van der Waals surface area contributed by atoms with E-state index in [0.717, 1.165) is 12.5 Å². The third kappa shape index (κ3) is 4.23. The molecule has 1 aliphatic rings. The van der Waals surface area contributed by atoms with E-state index in [2.05, 4.69) is 65.1 Å². The second kappa shape index (κ2) is 7.46. The first-order valence-corrected chi connectivity index (χ1v) is 8.66. The average molecular weight is 339 g/mol. The van der Waals surface area contributed by atoms with E-state index in [1.807, 2.05) is 0 Å². The second-order valence-electron chi connectivity index (χ2n) is 6.15. The summed E-state index contributed by atoms with van der Waals surface area (Å²) < 4.78 is 1.18. The van der Waals surface area contributed by atoms with Crippen molar-refractivity contribution in [2.24, 2.45) is 5.92 Å². The molecule has 1 heterocycles. The van der Waals surface area contributed by atoms with Gasteiger partial charge >= 0.3 is 0 Å². The van der Waals surface area contributed by atoms with Crippen molar-refractivity contribution in [2.45, 2.75) is 52.6 Å². The molecule has 0 radical (unpaired) electrons. The van der Waals surface area contributed by atoms with Crippen LogP contribution in [0.4, 0.5) is 5.69 Å². The normalized spacial score (nSPS) is 16.9. The maximum Gasteiger partial charge on any atom is 0.0423 e. The standard InChI is InChI=1S/C17H27BrN2/c1-4-14-7-9-20(10-8-14)17-11-16(18)6-5-15(17)12-19-13(2)3/h5-6,11,13-14,19H,4,7-10,12H2,1-3H3. The third-order valence-electron chi connectivity index (χ3n) is 4.28. The lowest BCUT2D eigenvalue weighted by Gasteiger charge is -2.34. The number of piperidine rings is 1. The minimum Gasteiger partial charge on any atom is -0.371 e. The molecule has 0 aromatic heterocycles. The van der Waals surface area contributed by atoms with Gasteiger partial charge in [-0.1, -0.05) is 49.2 Å². The Labute approximate surface area is 132 Å². The van der Waals surface area contributed by atoms with Gasteiger partial charge in [0.15, 0.2) is 0 Å². The number of benzene rings is 1. The first-order valence-electron chi connectivity index (χ1n) is 7.87. The number of anilines is 1. The molecule has 3 heteroatoms. The molecule has 0 bridgehead atoms. The van der Waals surface area contributed by atoms with Crippen LogP contribution in [0.5, 0.6) is 0 Å². The number of rotatable bonds is 5. The third-order valence-corrected chi connectivity index (χ3v) is 4.77. The molecule has 20 heavy (non-hydrogen) atoms. The summed E-state index contributed by atoms with van der Waals surface area (Å²) in [6, 6.07) is 7.21. The zero-order valence-corrected chi connectivity index (χ0v) is 14.5. The van der Waals surface area contributed by atoms with E-state index >= 15 is 0 Å². The maximum absolute atomic E-state index is 3.62. The predicted molar refractivity (Wildman–Crippen MR) is 91.3 cm³/mol. The van der Waals surface area contributed by atoms with E-state index in [4.69, 9.17) is 0 Å². The summed E-state index contributed by atoms with van der Waals surface area (Å²) in [5, 5.41) is 3.54. The molecule has 1 aromatic rings. The Balaban J connectivity index is 2.10. The van der Waals surface area contributed by atoms with E-state index in [1.165, 1.54) is 48.1 Å². The van der Waals surface area contributed by atoms with Crippen LogP contribution in [-0.2, 0) is 6.54 Å². The van der Waals surface area contributed by atoms with Crippen molar-refractivity contribution in [1.29, 1.82) is 0 Å². The molecule has 0 spiro atoms. The minimum absolute atomic E-state index is 0.525. The molecule has 0 atom stereocenters. The first-order chi connectivity index (χ1) is 9.60. The van der Waals surface area contributed by atoms with Gasteiger partial charge in [-0.3, -0.25) is 0 Å². The Kier molecular flexibility index (Phi) is 5.91. The molecule has 1 aromatic carbocycles. The van der Waals surface area contributed by atoms with Crippen LogP contribution in [0.3, 0.4) is 0 Å². The highest BCUT2D eigenvalue weighted by Crippen LogP contribution is 2.30. The molecule has 1 N–H and O–H groups in total. The largest absolute Gasteiger partial charge is 0.371 e. The topological polar surface area (TPSA) is 15.3 Å². The van der Waals surface area contributed by atoms with Gasteiger partial charge in [-0.05, 0) is 36.5 Å². The van der Waals surface area contributed by atoms with Crippen molar-refractivity contribution in [3.8, 4) is 0 Å². The fourth-order valence-corrected chi connectivity index (χ4v) is 3.23. The van der Waals surface area contributed by atoms with E-state index in [9.17, 15) is 0 Å². The minimum atomic E-state index is 0.525. The average Bonchev–Trinajstić information content (AvgIpc) is 2.46. The lowest BCUT2D eigenvalue weighted by atomic mass is 9.94. The number of nitrogens with zero attached hydrogens (tertiary/aromatic N) is 1. The molecule has 0 unspecified atom stereocenters. The number of hydrogen-bond acceptors (Lipinski definition) is 2. The quantitative estimate of drug-likeness (QED) is 0.845. The highest BCUT2D eigenvalue weighted by molar-refractivity contribution is 9.10. The number of halogens is 1. The van der Waals surface area contributed by atoms with E-state index in [-0.39, 0.29) is 0 Å². The van der Waals surface area contributed by atoms with Crippen molar-refractivity contribution in [3.05, 3.63) is 28.2 Å². The van der Waals surface area contributed by atoms with Gasteiger partial charge in [-0.25, -0.2) is 0 Å². The van der Waals surface area contributed by atoms with Crippen molar-refractivity contribution >= 4 is 21.6 Å². The van der Waals surface area contributed by atoms with E-state index in [1.54, 1.807) is 0 Å². The van der Waals surface area contributed by atoms with Gasteiger partial charge in [0.1, 0.15) is 0 Å². The monoisotopic (exact) mass is 338 g/mol. The molecular formula is C17H27BrN2. The molecule has 1 fully saturated rings. The zero-order chi connectivity index (χ0) is 14.5. The zero-order valence-electron chi connectivity index (χ0n) is 13.0. The highest BCUT2D eigenvalue weighted by atomic mass is 79.9. The molecule has 0 aliphatic carbocycles. The molecule has 1 aliphatic heterocycles. The van der Waals surface area contributed by atoms with Crippen LogP contribution in [0.15, 0.2) is 22.7 Å². The summed E-state index contributed by atoms with van der Waals surface area (Å²) in [5.74, 6) is 0.927. The lowest BCUT2D eigenvalue weighted by Crippen LogP contribution is -2.34. The van der Waals surface area contributed by atoms with Gasteiger partial charge in [0.05, 0.1) is 0 Å². The molecule has 1 saturated heterocycles. The molecule has 112 valence electrons. The smallest absolute Gasteiger partial charge is 0.0423 e. The Morgan fingerprint density at radius 1 is 1.30 bits per heavy atom. The van der Waals surface area contributed by atoms with Gasteiger partial charge < -0.3 is 10.2 Å². The first kappa shape index (κ1) is 15.8. The van der Waals surface area contributed by atoms with Crippen LogP contribution < -0.4 is 10.2 Å². The summed E-state index contributed by atoms with van der Waals surface area (Å²) >= 11 is 3.62. The Hall–Kier alpha value is -0.540. The summed E-state index contributed by atoms with van der Waals surface area (Å²) in [7, 11) is 0. The summed E-state index contributed by atoms with van der Waals surface area (Å²) in [6.45, 7) is 10.1. The number of hydrogen-bond donors (Lipinski definition) is 1. The lowest BCUT2D eigenvalue weighted by molar-refractivity contribution is 0.394. The predicted octanol–water partition coefficient (Wildman–Crippen LogP) is 4.57. The SMILES string of the molecule is CCC1CCN(c2cc(Br)ccc2CNC(C)C)CC1. The van der Waals surface area contributed by atoms with Crippen LogP contribution in [0.1, 0.15) is 45.6 Å². The van der Waals surface area contributed by atoms with Crippen LogP contribution in [0.25, 0.3) is 0 Å². The molecule has 2 rings (SSSR count). The van der Waals surface area contributed by atoms with Crippen LogP contribution in [0.2, 0.25) is 0 Å². The molecular weight excluding hydrogens is 312 g/mol. The van der Waals surface area contributed by atoms with Gasteiger partial charge in [-0.2, -0.15) is 0 Å². The van der Waals surface area contributed by atoms with E-state index in [0.29, 0.717) is 6.04 Å². The van der Waals surface area contributed by atoms with Gasteiger partial charge in [0.25, 0.3) is 0 Å². The second-order valence-corrected chi connectivity index (χ2v) is 7.06. The Morgan fingerprint density at radius 3 is 2.60 bits per heavy atom. The van der Waals surface area contributed by atoms with E-state index < -0.39 is 0 Å². The Bertz CT molecular complexity index is 423. The molecule has 2 nitrogen and oxygen atoms in total. The van der Waals surface area contributed by atoms with Crippen molar-refractivity contribution in [2.75, 3.05) is 18.0 Å². The summed E-state index contributed by atoms with van der Waals surface area (Å²) in [5.41, 5.74) is 2.82. The van der Waals surface area contributed by atoms with Crippen molar-refractivity contribution in [1.82, 2.24) is 5.32 Å². The van der Waals surface area contributed by atoms with Crippen LogP contribution in [0, 0.1) is 5.92 Å². The highest BCUT2D eigenvalue weighted by Gasteiger charge is 2.20. The van der Waals surface area contributed by atoms with Gasteiger partial charge in [-0.15, -0.1) is 0 Å². The van der Waals surface area contributed by atoms with Crippen molar-refractivity contribution in [3.63, 3.8) is 0 Å². The Morgan fingerprint density at radius 2 is 2.00 bits per heavy atom. The van der Waals surface area contributed by atoms with Crippen LogP contribution >= 0.6 is 15.9 Å². The fraction of sp³-hybridized carbons (Fsp3) is 0.647. The molecule has 0 saturated carbocycles. The van der Waals surface area contributed by atoms with Crippen LogP contribution in [-0.4, -0.2) is 19.1 Å².